The van der Waals surface area contributed by atoms with E-state index >= 15 is 0 Å². The molecule has 0 unspecified atom stereocenters. The van der Waals surface area contributed by atoms with Gasteiger partial charge in [-0.25, -0.2) is 4.39 Å². The van der Waals surface area contributed by atoms with E-state index in [0.717, 1.165) is 16.7 Å². The Hall–Kier alpha value is -3.47. The third-order valence-corrected chi connectivity index (χ3v) is 4.27. The van der Waals surface area contributed by atoms with Crippen LogP contribution in [0.2, 0.25) is 0 Å². The lowest BCUT2D eigenvalue weighted by Crippen LogP contribution is -2.46. The second-order valence-corrected chi connectivity index (χ2v) is 6.18. The molecular weight excluding hydrogens is 343 g/mol. The molecule has 0 aliphatic rings. The first-order valence-corrected chi connectivity index (χ1v) is 8.53. The van der Waals surface area contributed by atoms with Gasteiger partial charge >= 0.3 is 0 Å². The number of nitrogens with one attached hydrogen (secondary N) is 1. The minimum atomic E-state index is -0.931. The maximum Gasteiger partial charge on any atom is 0.254 e. The summed E-state index contributed by atoms with van der Waals surface area (Å²) in [6, 6.07) is 22.2. The Morgan fingerprint density at radius 3 is 2.07 bits per heavy atom. The zero-order chi connectivity index (χ0) is 19.2. The molecule has 0 fully saturated rings. The molecule has 0 heterocycles. The molecule has 3 aromatic carbocycles. The van der Waals surface area contributed by atoms with E-state index in [9.17, 15) is 14.0 Å². The van der Waals surface area contributed by atoms with Crippen molar-refractivity contribution in [3.63, 3.8) is 0 Å². The number of benzene rings is 3. The van der Waals surface area contributed by atoms with Crippen LogP contribution in [0.25, 0.3) is 11.1 Å². The zero-order valence-corrected chi connectivity index (χ0v) is 14.6. The number of carbonyl (C=O) groups excluding carboxylic acids is 2. The van der Waals surface area contributed by atoms with Gasteiger partial charge in [-0.05, 0) is 28.8 Å². The second-order valence-electron chi connectivity index (χ2n) is 6.18. The van der Waals surface area contributed by atoms with Crippen molar-refractivity contribution in [1.29, 1.82) is 0 Å². The van der Waals surface area contributed by atoms with Gasteiger partial charge in [0.2, 0.25) is 5.91 Å². The summed E-state index contributed by atoms with van der Waals surface area (Å²) in [6.45, 7) is 0. The lowest BCUT2D eigenvalue weighted by molar-refractivity contribution is -0.119. The summed E-state index contributed by atoms with van der Waals surface area (Å²) in [7, 11) is 0. The largest absolute Gasteiger partial charge is 0.368 e. The Morgan fingerprint density at radius 1 is 0.852 bits per heavy atom. The van der Waals surface area contributed by atoms with Crippen LogP contribution >= 0.6 is 0 Å². The molecule has 4 nitrogen and oxygen atoms in total. The molecule has 136 valence electrons. The van der Waals surface area contributed by atoms with Crippen LogP contribution in [0.15, 0.2) is 78.9 Å². The number of nitrogens with two attached hydrogens (primary N) is 1. The molecule has 0 aliphatic carbocycles. The SMILES string of the molecule is NC(=O)[C@H](Cc1ccc(-c2ccccc2)cc1)NC(=O)c1ccccc1F. The van der Waals surface area contributed by atoms with Crippen molar-refractivity contribution in [3.05, 3.63) is 95.8 Å². The first kappa shape index (κ1) is 18.3. The molecule has 0 radical (unpaired) electrons. The van der Waals surface area contributed by atoms with Crippen molar-refractivity contribution >= 4 is 11.8 Å². The number of hydrogen-bond donors (Lipinski definition) is 2. The highest BCUT2D eigenvalue weighted by Gasteiger charge is 2.21. The van der Waals surface area contributed by atoms with E-state index < -0.39 is 23.7 Å². The van der Waals surface area contributed by atoms with Gasteiger partial charge in [0.05, 0.1) is 5.56 Å². The highest BCUT2D eigenvalue weighted by molar-refractivity contribution is 5.97. The molecule has 0 saturated carbocycles. The highest BCUT2D eigenvalue weighted by atomic mass is 19.1. The van der Waals surface area contributed by atoms with Crippen LogP contribution in [0.4, 0.5) is 4.39 Å². The van der Waals surface area contributed by atoms with E-state index in [0.29, 0.717) is 0 Å². The fraction of sp³-hybridized carbons (Fsp3) is 0.0909. The summed E-state index contributed by atoms with van der Waals surface area (Å²) >= 11 is 0. The van der Waals surface area contributed by atoms with Crippen molar-refractivity contribution in [2.24, 2.45) is 5.73 Å². The van der Waals surface area contributed by atoms with Crippen molar-refractivity contribution in [2.45, 2.75) is 12.5 Å². The summed E-state index contributed by atoms with van der Waals surface area (Å²) in [6.07, 6.45) is 0.227. The van der Waals surface area contributed by atoms with Gasteiger partial charge in [0.25, 0.3) is 5.91 Å². The van der Waals surface area contributed by atoms with Crippen molar-refractivity contribution in [1.82, 2.24) is 5.32 Å². The molecule has 0 spiro atoms. The average molecular weight is 362 g/mol. The number of primary amides is 1. The summed E-state index contributed by atoms with van der Waals surface area (Å²) in [5, 5.41) is 2.51. The predicted octanol–water partition coefficient (Wildman–Crippen LogP) is 3.32. The number of amides is 2. The molecule has 0 aromatic heterocycles. The van der Waals surface area contributed by atoms with Crippen LogP contribution < -0.4 is 11.1 Å². The van der Waals surface area contributed by atoms with Crippen LogP contribution in [0.5, 0.6) is 0 Å². The minimum absolute atomic E-state index is 0.122. The van der Waals surface area contributed by atoms with Crippen LogP contribution in [0, 0.1) is 5.82 Å². The maximum absolute atomic E-state index is 13.7. The number of rotatable bonds is 6. The average Bonchev–Trinajstić information content (AvgIpc) is 2.69. The molecule has 3 N–H and O–H groups in total. The van der Waals surface area contributed by atoms with Gasteiger partial charge in [0, 0.05) is 6.42 Å². The van der Waals surface area contributed by atoms with Gasteiger partial charge < -0.3 is 11.1 Å². The summed E-state index contributed by atoms with van der Waals surface area (Å²) in [4.78, 5) is 24.0. The van der Waals surface area contributed by atoms with Crippen LogP contribution in [-0.2, 0) is 11.2 Å². The number of carbonyl (C=O) groups is 2. The van der Waals surface area contributed by atoms with Crippen LogP contribution in [-0.4, -0.2) is 17.9 Å². The molecule has 0 aliphatic heterocycles. The van der Waals surface area contributed by atoms with Crippen molar-refractivity contribution < 1.29 is 14.0 Å². The number of hydrogen-bond acceptors (Lipinski definition) is 2. The molecule has 0 saturated heterocycles. The first-order valence-electron chi connectivity index (χ1n) is 8.53. The molecule has 3 aromatic rings. The van der Waals surface area contributed by atoms with Gasteiger partial charge in [-0.1, -0.05) is 66.7 Å². The zero-order valence-electron chi connectivity index (χ0n) is 14.6. The van der Waals surface area contributed by atoms with E-state index in [4.69, 9.17) is 5.73 Å². The molecule has 2 amide bonds. The molecular formula is C22H19FN2O2. The Balaban J connectivity index is 1.72. The fourth-order valence-electron chi connectivity index (χ4n) is 2.80. The molecule has 27 heavy (non-hydrogen) atoms. The fourth-order valence-corrected chi connectivity index (χ4v) is 2.80. The van der Waals surface area contributed by atoms with E-state index in [2.05, 4.69) is 5.32 Å². The van der Waals surface area contributed by atoms with E-state index in [1.807, 2.05) is 54.6 Å². The monoisotopic (exact) mass is 362 g/mol. The Bertz CT molecular complexity index is 940. The lowest BCUT2D eigenvalue weighted by Gasteiger charge is -2.16. The van der Waals surface area contributed by atoms with E-state index in [1.54, 1.807) is 6.07 Å². The van der Waals surface area contributed by atoms with Gasteiger partial charge in [-0.3, -0.25) is 9.59 Å². The molecule has 1 atom stereocenters. The van der Waals surface area contributed by atoms with E-state index in [-0.39, 0.29) is 12.0 Å². The molecule has 5 heteroatoms. The second kappa shape index (κ2) is 8.27. The minimum Gasteiger partial charge on any atom is -0.368 e. The third kappa shape index (κ3) is 4.58. The molecule has 3 rings (SSSR count). The van der Waals surface area contributed by atoms with Crippen molar-refractivity contribution in [2.75, 3.05) is 0 Å². The summed E-state index contributed by atoms with van der Waals surface area (Å²) < 4.78 is 13.7. The quantitative estimate of drug-likeness (QED) is 0.706. The standard InChI is InChI=1S/C22H19FN2O2/c23-19-9-5-4-8-18(19)22(27)25-20(21(24)26)14-15-10-12-17(13-11-15)16-6-2-1-3-7-16/h1-13,20H,14H2,(H2,24,26)(H,25,27)/t20-/m0/s1. The van der Waals surface area contributed by atoms with Gasteiger partial charge in [-0.2, -0.15) is 0 Å². The normalized spacial score (nSPS) is 11.6. The Morgan fingerprint density at radius 2 is 1.44 bits per heavy atom. The van der Waals surface area contributed by atoms with Crippen LogP contribution in [0.1, 0.15) is 15.9 Å². The van der Waals surface area contributed by atoms with Crippen molar-refractivity contribution in [3.8, 4) is 11.1 Å². The summed E-state index contributed by atoms with van der Waals surface area (Å²) in [5.74, 6) is -1.99. The van der Waals surface area contributed by atoms with E-state index in [1.165, 1.54) is 18.2 Å². The maximum atomic E-state index is 13.7. The lowest BCUT2D eigenvalue weighted by atomic mass is 10.00. The topological polar surface area (TPSA) is 72.2 Å². The predicted molar refractivity (Wildman–Crippen MR) is 102 cm³/mol. The number of halogens is 1. The Kier molecular flexibility index (Phi) is 5.61. The highest BCUT2D eigenvalue weighted by Crippen LogP contribution is 2.19. The van der Waals surface area contributed by atoms with Crippen LogP contribution in [0.3, 0.4) is 0 Å². The van der Waals surface area contributed by atoms with Gasteiger partial charge in [0.15, 0.2) is 0 Å². The van der Waals surface area contributed by atoms with Gasteiger partial charge in [-0.15, -0.1) is 0 Å². The summed E-state index contributed by atoms with van der Waals surface area (Å²) in [5.41, 5.74) is 8.27. The molecule has 0 bridgehead atoms. The van der Waals surface area contributed by atoms with Gasteiger partial charge in [0.1, 0.15) is 11.9 Å². The third-order valence-electron chi connectivity index (χ3n) is 4.27. The smallest absolute Gasteiger partial charge is 0.254 e. The first-order chi connectivity index (χ1) is 13.0. The Labute approximate surface area is 156 Å².